The maximum absolute atomic E-state index is 11.5. The first-order chi connectivity index (χ1) is 20.7. The maximum atomic E-state index is 11.5. The van der Waals surface area contributed by atoms with Crippen LogP contribution in [0.2, 0.25) is 0 Å². The van der Waals surface area contributed by atoms with E-state index in [4.69, 9.17) is 21.3 Å². The van der Waals surface area contributed by atoms with E-state index in [9.17, 15) is 25.2 Å². The SMILES string of the molecule is CCCCCCN(CCOc1ccc(CCCCN=C(N)c2nccnc2C(N)=O)cc1)C[C@H](O)[C@H](O)[C@@H](O)[C@@H](O)CO. The first-order valence-electron chi connectivity index (χ1n) is 14.9. The van der Waals surface area contributed by atoms with Gasteiger partial charge in [-0.2, -0.15) is 0 Å². The molecule has 0 unspecified atom stereocenters. The Morgan fingerprint density at radius 3 is 2.23 bits per heavy atom. The molecule has 13 nitrogen and oxygen atoms in total. The summed E-state index contributed by atoms with van der Waals surface area (Å²) >= 11 is 0. The van der Waals surface area contributed by atoms with E-state index >= 15 is 0 Å². The van der Waals surface area contributed by atoms with E-state index < -0.39 is 36.9 Å². The van der Waals surface area contributed by atoms with Gasteiger partial charge in [-0.3, -0.25) is 14.7 Å². The minimum atomic E-state index is -1.65. The Labute approximate surface area is 253 Å². The van der Waals surface area contributed by atoms with E-state index in [-0.39, 0.29) is 23.8 Å². The predicted molar refractivity (Wildman–Crippen MR) is 163 cm³/mol. The van der Waals surface area contributed by atoms with E-state index in [1.165, 1.54) is 12.4 Å². The van der Waals surface area contributed by atoms with Gasteiger partial charge in [-0.05, 0) is 49.9 Å². The number of nitrogens with two attached hydrogens (primary N) is 2. The number of aliphatic hydroxyl groups excluding tert-OH is 5. The van der Waals surface area contributed by atoms with Crippen LogP contribution >= 0.6 is 0 Å². The number of hydrogen-bond acceptors (Lipinski definition) is 11. The van der Waals surface area contributed by atoms with Gasteiger partial charge in [0.2, 0.25) is 0 Å². The fourth-order valence-corrected chi connectivity index (χ4v) is 4.46. The van der Waals surface area contributed by atoms with Gasteiger partial charge >= 0.3 is 0 Å². The number of nitrogens with zero attached hydrogens (tertiary/aromatic N) is 4. The van der Waals surface area contributed by atoms with Crippen molar-refractivity contribution in [2.75, 3.05) is 39.4 Å². The first kappa shape index (κ1) is 36.0. The summed E-state index contributed by atoms with van der Waals surface area (Å²) in [5.41, 5.74) is 12.6. The average Bonchev–Trinajstić information content (AvgIpc) is 3.02. The number of primary amides is 1. The average molecular weight is 605 g/mol. The van der Waals surface area contributed by atoms with Crippen LogP contribution in [0.3, 0.4) is 0 Å². The lowest BCUT2D eigenvalue weighted by atomic mass is 10.0. The van der Waals surface area contributed by atoms with Crippen molar-refractivity contribution in [3.63, 3.8) is 0 Å². The lowest BCUT2D eigenvalue weighted by Gasteiger charge is -2.30. The van der Waals surface area contributed by atoms with Crippen molar-refractivity contribution in [1.82, 2.24) is 14.9 Å². The molecule has 43 heavy (non-hydrogen) atoms. The number of carbonyl (C=O) groups is 1. The summed E-state index contributed by atoms with van der Waals surface area (Å²) in [6.07, 6.45) is 3.39. The normalized spacial score (nSPS) is 14.8. The Morgan fingerprint density at radius 2 is 1.58 bits per heavy atom. The van der Waals surface area contributed by atoms with Gasteiger partial charge in [0, 0.05) is 32.0 Å². The zero-order valence-electron chi connectivity index (χ0n) is 25.0. The molecule has 2 aromatic rings. The maximum Gasteiger partial charge on any atom is 0.269 e. The molecule has 2 rings (SSSR count). The summed E-state index contributed by atoms with van der Waals surface area (Å²) in [6.45, 7) is 3.52. The molecule has 0 aliphatic heterocycles. The number of amidine groups is 1. The number of aliphatic hydroxyl groups is 5. The Hall–Kier alpha value is -3.20. The van der Waals surface area contributed by atoms with E-state index in [0.29, 0.717) is 32.0 Å². The number of aromatic nitrogens is 2. The molecule has 0 aliphatic rings. The monoisotopic (exact) mass is 604 g/mol. The van der Waals surface area contributed by atoms with Crippen molar-refractivity contribution in [1.29, 1.82) is 0 Å². The molecule has 1 heterocycles. The minimum absolute atomic E-state index is 0.00282. The number of aliphatic imine (C=N–C) groups is 1. The lowest BCUT2D eigenvalue weighted by molar-refractivity contribution is -0.119. The molecule has 13 heteroatoms. The van der Waals surface area contributed by atoms with Crippen molar-refractivity contribution in [3.8, 4) is 5.75 Å². The van der Waals surface area contributed by atoms with Crippen molar-refractivity contribution in [2.24, 2.45) is 16.5 Å². The highest BCUT2D eigenvalue weighted by Gasteiger charge is 2.31. The Balaban J connectivity index is 1.79. The number of unbranched alkanes of at least 4 members (excludes halogenated alkanes) is 4. The third-order valence-corrected chi connectivity index (χ3v) is 7.03. The van der Waals surface area contributed by atoms with Gasteiger partial charge in [-0.15, -0.1) is 0 Å². The van der Waals surface area contributed by atoms with Gasteiger partial charge in [0.05, 0.1) is 12.7 Å². The van der Waals surface area contributed by atoms with Gasteiger partial charge in [0.15, 0.2) is 5.69 Å². The number of rotatable bonds is 22. The van der Waals surface area contributed by atoms with Crippen molar-refractivity contribution < 1.29 is 35.1 Å². The van der Waals surface area contributed by atoms with Crippen molar-refractivity contribution in [3.05, 3.63) is 53.6 Å². The summed E-state index contributed by atoms with van der Waals surface area (Å²) < 4.78 is 5.92. The molecule has 0 aliphatic carbocycles. The second-order valence-electron chi connectivity index (χ2n) is 10.5. The molecule has 1 amide bonds. The highest BCUT2D eigenvalue weighted by molar-refractivity contribution is 6.05. The number of amides is 1. The van der Waals surface area contributed by atoms with Crippen LogP contribution in [0.4, 0.5) is 0 Å². The summed E-state index contributed by atoms with van der Waals surface area (Å²) in [5, 5.41) is 49.2. The molecular formula is C30H48N6O7. The summed E-state index contributed by atoms with van der Waals surface area (Å²) in [7, 11) is 0. The van der Waals surface area contributed by atoms with Gasteiger partial charge in [-0.1, -0.05) is 38.3 Å². The number of aryl methyl sites for hydroxylation is 1. The van der Waals surface area contributed by atoms with Gasteiger partial charge in [0.25, 0.3) is 5.91 Å². The molecule has 0 bridgehead atoms. The van der Waals surface area contributed by atoms with Crippen LogP contribution < -0.4 is 16.2 Å². The third-order valence-electron chi connectivity index (χ3n) is 7.03. The molecule has 4 atom stereocenters. The van der Waals surface area contributed by atoms with Crippen LogP contribution in [0, 0.1) is 0 Å². The smallest absolute Gasteiger partial charge is 0.269 e. The number of hydrogen-bond donors (Lipinski definition) is 7. The lowest BCUT2D eigenvalue weighted by Crippen LogP contribution is -2.50. The third kappa shape index (κ3) is 12.9. The zero-order valence-corrected chi connectivity index (χ0v) is 25.0. The second-order valence-corrected chi connectivity index (χ2v) is 10.5. The Bertz CT molecular complexity index is 1100. The zero-order chi connectivity index (χ0) is 31.6. The topological polar surface area (TPSA) is 221 Å². The Morgan fingerprint density at radius 1 is 0.907 bits per heavy atom. The second kappa shape index (κ2) is 19.9. The molecule has 0 saturated heterocycles. The van der Waals surface area contributed by atoms with Crippen LogP contribution in [0.5, 0.6) is 5.75 Å². The standard InChI is InChI=1S/C30H48N6O7/c1-2-3-4-7-16-36(19-23(38)27(40)28(41)24(39)20-37)17-18-43-22-11-9-21(10-12-22)8-5-6-13-35-29(31)25-26(30(32)42)34-15-14-33-25/h9-12,14-15,23-24,27-28,37-41H,2-8,13,16-20H2,1H3,(H2,31,35)(H2,32,42)/t23-,24-,27-,28-/m0/s1. The van der Waals surface area contributed by atoms with Crippen molar-refractivity contribution >= 4 is 11.7 Å². The number of ether oxygens (including phenoxy) is 1. The van der Waals surface area contributed by atoms with Crippen LogP contribution in [0.1, 0.15) is 67.2 Å². The van der Waals surface area contributed by atoms with E-state index in [2.05, 4.69) is 21.9 Å². The van der Waals surface area contributed by atoms with Crippen LogP contribution in [0.25, 0.3) is 0 Å². The highest BCUT2D eigenvalue weighted by Crippen LogP contribution is 2.15. The fourth-order valence-electron chi connectivity index (χ4n) is 4.46. The minimum Gasteiger partial charge on any atom is -0.492 e. The molecular weight excluding hydrogens is 556 g/mol. The molecule has 0 spiro atoms. The van der Waals surface area contributed by atoms with Gasteiger partial charge < -0.3 is 41.7 Å². The molecule has 0 radical (unpaired) electrons. The van der Waals surface area contributed by atoms with E-state index in [1.54, 1.807) is 0 Å². The molecule has 0 fully saturated rings. The predicted octanol–water partition coefficient (Wildman–Crippen LogP) is 0.000700. The first-order valence-corrected chi connectivity index (χ1v) is 14.9. The van der Waals surface area contributed by atoms with Crippen molar-refractivity contribution in [2.45, 2.75) is 76.3 Å². The quantitative estimate of drug-likeness (QED) is 0.0538. The van der Waals surface area contributed by atoms with Crippen LogP contribution in [0.15, 0.2) is 41.7 Å². The number of carbonyl (C=O) groups excluding carboxylic acids is 1. The van der Waals surface area contributed by atoms with Crippen LogP contribution in [-0.4, -0.2) is 116 Å². The van der Waals surface area contributed by atoms with Gasteiger partial charge in [-0.25, -0.2) is 9.97 Å². The summed E-state index contributed by atoms with van der Waals surface area (Å²) in [4.78, 5) is 25.7. The molecule has 9 N–H and O–H groups in total. The molecule has 240 valence electrons. The number of benzene rings is 1. The summed E-state index contributed by atoms with van der Waals surface area (Å²) in [6, 6.07) is 7.81. The highest BCUT2D eigenvalue weighted by atomic mass is 16.5. The van der Waals surface area contributed by atoms with Crippen LogP contribution in [-0.2, 0) is 6.42 Å². The Kier molecular flexibility index (Phi) is 16.6. The largest absolute Gasteiger partial charge is 0.492 e. The van der Waals surface area contributed by atoms with Gasteiger partial charge in [0.1, 0.15) is 42.2 Å². The van der Waals surface area contributed by atoms with E-state index in [0.717, 1.165) is 50.5 Å². The van der Waals surface area contributed by atoms with E-state index in [1.807, 2.05) is 29.2 Å². The molecule has 0 saturated carbocycles. The fraction of sp³-hybridized carbons (Fsp3) is 0.600. The molecule has 1 aromatic carbocycles. The molecule has 1 aromatic heterocycles. The summed E-state index contributed by atoms with van der Waals surface area (Å²) in [5.74, 6) is 0.134.